The first-order valence-corrected chi connectivity index (χ1v) is 17.7. The van der Waals surface area contributed by atoms with E-state index >= 15 is 0 Å². The van der Waals surface area contributed by atoms with Crippen molar-refractivity contribution in [3.05, 3.63) is 93.5 Å². The molecule has 0 aromatic heterocycles. The molecule has 7 nitrogen and oxygen atoms in total. The smallest absolute Gasteiger partial charge is 0.305 e. The van der Waals surface area contributed by atoms with Crippen molar-refractivity contribution in [1.82, 2.24) is 10.2 Å². The predicted octanol–water partition coefficient (Wildman–Crippen LogP) is 9.36. The van der Waals surface area contributed by atoms with Crippen LogP contribution >= 0.6 is 23.2 Å². The number of nitrogens with zero attached hydrogens (tertiary/aromatic N) is 2. The number of halogens is 2. The fourth-order valence-corrected chi connectivity index (χ4v) is 7.68. The normalized spacial score (nSPS) is 20.1. The molecule has 48 heavy (non-hydrogen) atoms. The van der Waals surface area contributed by atoms with Crippen molar-refractivity contribution in [3.63, 3.8) is 0 Å². The summed E-state index contributed by atoms with van der Waals surface area (Å²) in [5.74, 6) is -0.819. The van der Waals surface area contributed by atoms with Crippen LogP contribution in [-0.4, -0.2) is 45.7 Å². The number of benzene rings is 3. The van der Waals surface area contributed by atoms with Gasteiger partial charge in [0, 0.05) is 27.7 Å². The Morgan fingerprint density at radius 3 is 2.12 bits per heavy atom. The molecule has 0 radical (unpaired) electrons. The average Bonchev–Trinajstić information content (AvgIpc) is 3.31. The molecule has 0 bridgehead atoms. The summed E-state index contributed by atoms with van der Waals surface area (Å²) >= 11 is 12.5. The summed E-state index contributed by atoms with van der Waals surface area (Å²) in [6, 6.07) is 20.5. The first-order valence-electron chi connectivity index (χ1n) is 16.9. The van der Waals surface area contributed by atoms with Crippen LogP contribution < -0.4 is 5.32 Å². The first kappa shape index (κ1) is 35.6. The van der Waals surface area contributed by atoms with Crippen molar-refractivity contribution in [2.45, 2.75) is 90.8 Å². The van der Waals surface area contributed by atoms with Gasteiger partial charge in [-0.1, -0.05) is 100 Å². The summed E-state index contributed by atoms with van der Waals surface area (Å²) in [7, 11) is 0. The van der Waals surface area contributed by atoms with Gasteiger partial charge in [-0.2, -0.15) is 0 Å². The molecule has 1 aliphatic heterocycles. The first-order chi connectivity index (χ1) is 22.8. The number of hydrogen-bond donors (Lipinski definition) is 2. The second-order valence-corrected chi connectivity index (χ2v) is 15.0. The fourth-order valence-electron chi connectivity index (χ4n) is 7.16. The summed E-state index contributed by atoms with van der Waals surface area (Å²) in [6.07, 6.45) is 6.07. The molecular formula is C39H45Cl2N3O4. The van der Waals surface area contributed by atoms with E-state index in [-0.39, 0.29) is 36.2 Å². The highest BCUT2D eigenvalue weighted by Crippen LogP contribution is 2.50. The lowest BCUT2D eigenvalue weighted by Gasteiger charge is -2.47. The maximum absolute atomic E-state index is 14.7. The van der Waals surface area contributed by atoms with Crippen LogP contribution in [0.4, 0.5) is 0 Å². The van der Waals surface area contributed by atoms with Gasteiger partial charge in [-0.05, 0) is 90.5 Å². The third-order valence-electron chi connectivity index (χ3n) is 9.88. The minimum absolute atomic E-state index is 0.0589. The number of aliphatic imine (C=N–C) groups is 1. The number of nitrogens with one attached hydrogen (secondary N) is 1. The molecule has 0 unspecified atom stereocenters. The van der Waals surface area contributed by atoms with Crippen LogP contribution in [-0.2, 0) is 9.59 Å². The van der Waals surface area contributed by atoms with Crippen molar-refractivity contribution in [2.75, 3.05) is 6.54 Å². The second kappa shape index (κ2) is 14.8. The SMILES string of the molecule is CCCC[C@H](c1ccc(C(=O)NCCC(=O)O)cc1)N1C(=O)C(c2ccc(-c3cc(Cl)cc(Cl)c3)cc2)=NC12CCC(C(C)(C)C)CC2. The molecule has 2 amide bonds. The minimum atomic E-state index is -0.964. The highest BCUT2D eigenvalue weighted by molar-refractivity contribution is 6.46. The number of carbonyl (C=O) groups excluding carboxylic acids is 2. The van der Waals surface area contributed by atoms with Crippen LogP contribution in [0.15, 0.2) is 71.7 Å². The van der Waals surface area contributed by atoms with Crippen molar-refractivity contribution in [1.29, 1.82) is 0 Å². The molecular weight excluding hydrogens is 645 g/mol. The molecule has 1 heterocycles. The fraction of sp³-hybridized carbons (Fsp3) is 0.436. The summed E-state index contributed by atoms with van der Waals surface area (Å²) in [4.78, 5) is 45.6. The summed E-state index contributed by atoms with van der Waals surface area (Å²) in [5.41, 5.74) is 4.03. The molecule has 0 saturated heterocycles. The monoisotopic (exact) mass is 689 g/mol. The van der Waals surface area contributed by atoms with E-state index in [1.54, 1.807) is 18.2 Å². The van der Waals surface area contributed by atoms with E-state index in [1.165, 1.54) is 0 Å². The van der Waals surface area contributed by atoms with Gasteiger partial charge < -0.3 is 15.3 Å². The van der Waals surface area contributed by atoms with E-state index in [1.807, 2.05) is 48.5 Å². The second-order valence-electron chi connectivity index (χ2n) is 14.2. The number of hydrogen-bond acceptors (Lipinski definition) is 4. The zero-order valence-corrected chi connectivity index (χ0v) is 29.7. The Hall–Kier alpha value is -3.68. The lowest BCUT2D eigenvalue weighted by Crippen LogP contribution is -2.51. The highest BCUT2D eigenvalue weighted by atomic mass is 35.5. The Bertz CT molecular complexity index is 1650. The quantitative estimate of drug-likeness (QED) is 0.210. The van der Waals surface area contributed by atoms with Crippen LogP contribution in [0.1, 0.15) is 107 Å². The number of carboxylic acid groups (broad SMARTS) is 1. The molecule has 1 fully saturated rings. The molecule has 1 aliphatic carbocycles. The van der Waals surface area contributed by atoms with E-state index in [2.05, 4.69) is 37.9 Å². The lowest BCUT2D eigenvalue weighted by molar-refractivity contribution is -0.137. The van der Waals surface area contributed by atoms with E-state index in [4.69, 9.17) is 33.3 Å². The van der Waals surface area contributed by atoms with Gasteiger partial charge in [0.25, 0.3) is 11.8 Å². The predicted molar refractivity (Wildman–Crippen MR) is 193 cm³/mol. The molecule has 254 valence electrons. The Kier molecular flexibility index (Phi) is 11.0. The van der Waals surface area contributed by atoms with Gasteiger partial charge >= 0.3 is 5.97 Å². The van der Waals surface area contributed by atoms with E-state index in [0.717, 1.165) is 67.2 Å². The zero-order valence-electron chi connectivity index (χ0n) is 28.2. The molecule has 2 N–H and O–H groups in total. The topological polar surface area (TPSA) is 99.1 Å². The molecule has 5 rings (SSSR count). The molecule has 1 atom stereocenters. The Balaban J connectivity index is 1.49. The Labute approximate surface area is 293 Å². The van der Waals surface area contributed by atoms with Gasteiger partial charge in [0.2, 0.25) is 0 Å². The van der Waals surface area contributed by atoms with Gasteiger partial charge in [0.1, 0.15) is 11.4 Å². The van der Waals surface area contributed by atoms with Crippen LogP contribution in [0.3, 0.4) is 0 Å². The van der Waals surface area contributed by atoms with Gasteiger partial charge in [0.05, 0.1) is 12.5 Å². The number of carbonyl (C=O) groups is 3. The van der Waals surface area contributed by atoms with Crippen LogP contribution in [0.2, 0.25) is 10.0 Å². The maximum atomic E-state index is 14.7. The standard InChI is InChI=1S/C39H45Cl2N3O4/c1-5-6-7-33(26-10-14-28(15-11-26)36(47)42-21-18-34(45)46)44-37(48)35(43-39(44)19-16-30(17-20-39)38(2,3)4)27-12-8-25(9-13-27)29-22-31(40)24-32(41)23-29/h8-15,22-24,30,33H,5-7,16-21H2,1-4H3,(H,42,47)(H,45,46)/t30?,33-,39?/m1/s1. The molecule has 2 aliphatic rings. The number of aliphatic carboxylic acids is 1. The molecule has 1 spiro atoms. The average molecular weight is 691 g/mol. The van der Waals surface area contributed by atoms with Crippen LogP contribution in [0.5, 0.6) is 0 Å². The lowest BCUT2D eigenvalue weighted by atomic mass is 9.69. The summed E-state index contributed by atoms with van der Waals surface area (Å²) in [6.45, 7) is 9.08. The summed E-state index contributed by atoms with van der Waals surface area (Å²) < 4.78 is 0. The van der Waals surface area contributed by atoms with Crippen LogP contribution in [0.25, 0.3) is 11.1 Å². The third kappa shape index (κ3) is 7.95. The number of carboxylic acids is 1. The third-order valence-corrected chi connectivity index (χ3v) is 10.3. The number of amides is 2. The Morgan fingerprint density at radius 1 is 0.958 bits per heavy atom. The van der Waals surface area contributed by atoms with Crippen molar-refractivity contribution >= 4 is 46.7 Å². The number of rotatable bonds is 11. The summed E-state index contributed by atoms with van der Waals surface area (Å²) in [5, 5.41) is 12.7. The Morgan fingerprint density at radius 2 is 1.56 bits per heavy atom. The largest absolute Gasteiger partial charge is 0.481 e. The molecule has 3 aromatic rings. The van der Waals surface area contributed by atoms with Crippen molar-refractivity contribution < 1.29 is 19.5 Å². The van der Waals surface area contributed by atoms with Gasteiger partial charge in [-0.25, -0.2) is 0 Å². The molecule has 3 aromatic carbocycles. The van der Waals surface area contributed by atoms with E-state index in [0.29, 0.717) is 27.2 Å². The highest BCUT2D eigenvalue weighted by Gasteiger charge is 2.52. The van der Waals surface area contributed by atoms with Crippen molar-refractivity contribution in [2.24, 2.45) is 16.3 Å². The maximum Gasteiger partial charge on any atom is 0.305 e. The van der Waals surface area contributed by atoms with Gasteiger partial charge in [-0.3, -0.25) is 19.4 Å². The van der Waals surface area contributed by atoms with E-state index < -0.39 is 11.6 Å². The van der Waals surface area contributed by atoms with Crippen molar-refractivity contribution in [3.8, 4) is 11.1 Å². The zero-order chi connectivity index (χ0) is 34.6. The number of unbranched alkanes of at least 4 members (excludes halogenated alkanes) is 1. The van der Waals surface area contributed by atoms with Gasteiger partial charge in [-0.15, -0.1) is 0 Å². The van der Waals surface area contributed by atoms with Crippen LogP contribution in [0, 0.1) is 11.3 Å². The van der Waals surface area contributed by atoms with E-state index in [9.17, 15) is 14.4 Å². The molecule has 9 heteroatoms. The minimum Gasteiger partial charge on any atom is -0.481 e. The molecule has 1 saturated carbocycles. The van der Waals surface area contributed by atoms with Gasteiger partial charge in [0.15, 0.2) is 0 Å².